The number of fused-ring (bicyclic) bond motifs is 2. The molecule has 45 heavy (non-hydrogen) atoms. The van der Waals surface area contributed by atoms with Gasteiger partial charge in [-0.05, 0) is 66.6 Å². The summed E-state index contributed by atoms with van der Waals surface area (Å²) in [5, 5.41) is 7.25. The Morgan fingerprint density at radius 3 is 2.58 bits per heavy atom. The van der Waals surface area contributed by atoms with Crippen LogP contribution in [-0.2, 0) is 22.6 Å². The number of rotatable bonds is 13. The topological polar surface area (TPSA) is 86.5 Å². The second-order valence-corrected chi connectivity index (χ2v) is 12.6. The van der Waals surface area contributed by atoms with E-state index in [0.717, 1.165) is 47.1 Å². The predicted molar refractivity (Wildman–Crippen MR) is 176 cm³/mol. The third kappa shape index (κ3) is 8.11. The zero-order chi connectivity index (χ0) is 31.0. The molecule has 1 saturated carbocycles. The van der Waals surface area contributed by atoms with Crippen LogP contribution in [0.4, 0.5) is 10.1 Å². The lowest BCUT2D eigenvalue weighted by molar-refractivity contribution is -0.124. The molecule has 0 spiro atoms. The van der Waals surface area contributed by atoms with Crippen LogP contribution in [0.2, 0.25) is 0 Å². The van der Waals surface area contributed by atoms with Crippen molar-refractivity contribution < 1.29 is 18.7 Å². The monoisotopic (exact) mass is 610 g/mol. The number of halogens is 1. The fraction of sp³-hybridized carbons (Fsp3) is 0.405. The number of hydrogen-bond acceptors (Lipinski definition) is 4. The Balaban J connectivity index is 1.17. The third-order valence-corrected chi connectivity index (χ3v) is 9.24. The van der Waals surface area contributed by atoms with Gasteiger partial charge in [0.15, 0.2) is 0 Å². The van der Waals surface area contributed by atoms with Gasteiger partial charge in [0.2, 0.25) is 5.91 Å². The third-order valence-electron chi connectivity index (χ3n) is 9.24. The van der Waals surface area contributed by atoms with Gasteiger partial charge in [0.25, 0.3) is 5.91 Å². The standard InChI is InChI=1S/C37H43FN4O3/c38-30-16-18-35-29(21-30)19-20-42(35)23-31(25-45-24-27-11-5-2-6-12-27)39-36(43)33(17-15-26-9-3-1-4-10-26)41-37(44)34-22-28-13-7-8-14-32(28)40-34/h2,5-8,11-14,16,18,21-22,26,31,33,40H,1,3-4,9-10,15,17,19-20,23-25H2,(H,39,43)(H,41,44)/t31-,33+/m1/s1. The molecule has 2 atom stereocenters. The van der Waals surface area contributed by atoms with E-state index >= 15 is 0 Å². The first kappa shape index (κ1) is 30.8. The first-order valence-electron chi connectivity index (χ1n) is 16.4. The van der Waals surface area contributed by atoms with Gasteiger partial charge in [-0.2, -0.15) is 0 Å². The van der Waals surface area contributed by atoms with Crippen molar-refractivity contribution >= 4 is 28.4 Å². The molecule has 4 aromatic rings. The Morgan fingerprint density at radius 1 is 0.956 bits per heavy atom. The zero-order valence-corrected chi connectivity index (χ0v) is 25.8. The number of benzene rings is 3. The van der Waals surface area contributed by atoms with E-state index in [9.17, 15) is 14.0 Å². The second-order valence-electron chi connectivity index (χ2n) is 12.6. The van der Waals surface area contributed by atoms with E-state index in [2.05, 4.69) is 20.5 Å². The number of anilines is 1. The quantitative estimate of drug-likeness (QED) is 0.161. The number of ether oxygens (including phenoxy) is 1. The summed E-state index contributed by atoms with van der Waals surface area (Å²) in [6, 6.07) is 23.4. The van der Waals surface area contributed by atoms with Crippen molar-refractivity contribution in [1.82, 2.24) is 15.6 Å². The van der Waals surface area contributed by atoms with Crippen molar-refractivity contribution in [3.63, 3.8) is 0 Å². The summed E-state index contributed by atoms with van der Waals surface area (Å²) in [5.74, 6) is -0.159. The molecule has 1 aliphatic heterocycles. The Hall–Kier alpha value is -4.17. The average molecular weight is 611 g/mol. The van der Waals surface area contributed by atoms with Crippen LogP contribution < -0.4 is 15.5 Å². The Kier molecular flexibility index (Phi) is 10.1. The van der Waals surface area contributed by atoms with Crippen LogP contribution in [0.5, 0.6) is 0 Å². The summed E-state index contributed by atoms with van der Waals surface area (Å²) in [4.78, 5) is 32.8. The van der Waals surface area contributed by atoms with Gasteiger partial charge >= 0.3 is 0 Å². The molecule has 7 nitrogen and oxygen atoms in total. The van der Waals surface area contributed by atoms with Gasteiger partial charge < -0.3 is 25.3 Å². The maximum Gasteiger partial charge on any atom is 0.268 e. The molecular formula is C37H43FN4O3. The summed E-state index contributed by atoms with van der Waals surface area (Å²) in [5.41, 5.74) is 4.34. The van der Waals surface area contributed by atoms with E-state index in [0.29, 0.717) is 37.8 Å². The van der Waals surface area contributed by atoms with Crippen LogP contribution in [-0.4, -0.2) is 48.6 Å². The van der Waals surface area contributed by atoms with Gasteiger partial charge in [0.05, 0.1) is 19.3 Å². The van der Waals surface area contributed by atoms with Crippen LogP contribution in [0.1, 0.15) is 66.6 Å². The lowest BCUT2D eigenvalue weighted by Gasteiger charge is -2.29. The first-order valence-corrected chi connectivity index (χ1v) is 16.4. The van der Waals surface area contributed by atoms with Gasteiger partial charge in [-0.1, -0.05) is 80.6 Å². The smallest absolute Gasteiger partial charge is 0.268 e. The summed E-state index contributed by atoms with van der Waals surface area (Å²) >= 11 is 0. The molecule has 0 bridgehead atoms. The van der Waals surface area contributed by atoms with Crippen LogP contribution in [0.25, 0.3) is 10.9 Å². The number of aromatic nitrogens is 1. The molecule has 236 valence electrons. The lowest BCUT2D eigenvalue weighted by Crippen LogP contribution is -2.53. The molecule has 2 heterocycles. The number of H-pyrrole nitrogens is 1. The van der Waals surface area contributed by atoms with Crippen LogP contribution in [0.15, 0.2) is 78.9 Å². The van der Waals surface area contributed by atoms with Crippen LogP contribution in [0.3, 0.4) is 0 Å². The number of hydrogen-bond donors (Lipinski definition) is 3. The predicted octanol–water partition coefficient (Wildman–Crippen LogP) is 6.53. The summed E-state index contributed by atoms with van der Waals surface area (Å²) in [6.45, 7) is 1.99. The molecule has 0 saturated heterocycles. The van der Waals surface area contributed by atoms with E-state index in [4.69, 9.17) is 4.74 Å². The minimum atomic E-state index is -0.678. The van der Waals surface area contributed by atoms with Crippen molar-refractivity contribution in [1.29, 1.82) is 0 Å². The number of carbonyl (C=O) groups is 2. The van der Waals surface area contributed by atoms with Crippen LogP contribution >= 0.6 is 0 Å². The molecule has 8 heteroatoms. The Morgan fingerprint density at radius 2 is 1.76 bits per heavy atom. The molecule has 0 unspecified atom stereocenters. The molecule has 3 aromatic carbocycles. The van der Waals surface area contributed by atoms with Gasteiger partial charge in [-0.3, -0.25) is 9.59 Å². The molecule has 2 amide bonds. The van der Waals surface area contributed by atoms with Gasteiger partial charge in [0.1, 0.15) is 17.6 Å². The normalized spacial score (nSPS) is 16.3. The highest BCUT2D eigenvalue weighted by Crippen LogP contribution is 2.29. The number of carbonyl (C=O) groups excluding carboxylic acids is 2. The van der Waals surface area contributed by atoms with Crippen LogP contribution in [0, 0.1) is 11.7 Å². The maximum atomic E-state index is 14.0. The van der Waals surface area contributed by atoms with E-state index in [1.54, 1.807) is 6.07 Å². The van der Waals surface area contributed by atoms with E-state index < -0.39 is 6.04 Å². The Bertz CT molecular complexity index is 1550. The molecule has 1 aliphatic carbocycles. The number of nitrogens with one attached hydrogen (secondary N) is 3. The van der Waals surface area contributed by atoms with Crippen molar-refractivity contribution in [3.05, 3.63) is 102 Å². The van der Waals surface area contributed by atoms with Crippen molar-refractivity contribution in [2.24, 2.45) is 5.92 Å². The van der Waals surface area contributed by atoms with Gasteiger partial charge in [-0.15, -0.1) is 0 Å². The summed E-state index contributed by atoms with van der Waals surface area (Å²) in [7, 11) is 0. The maximum absolute atomic E-state index is 14.0. The second kappa shape index (κ2) is 14.7. The first-order chi connectivity index (χ1) is 22.0. The summed E-state index contributed by atoms with van der Waals surface area (Å²) < 4.78 is 20.0. The molecule has 2 aliphatic rings. The Labute approximate surface area is 264 Å². The SMILES string of the molecule is O=C(N[C@@H](CCC1CCCCC1)C(=O)N[C@@H](COCc1ccccc1)CN1CCc2cc(F)ccc21)c1cc2ccccc2[nH]1. The fourth-order valence-corrected chi connectivity index (χ4v) is 6.81. The van der Waals surface area contributed by atoms with Gasteiger partial charge in [0, 0.05) is 29.7 Å². The highest BCUT2D eigenvalue weighted by molar-refractivity contribution is 6.00. The number of nitrogens with zero attached hydrogens (tertiary/aromatic N) is 1. The number of para-hydroxylation sites is 1. The number of aromatic amines is 1. The fourth-order valence-electron chi connectivity index (χ4n) is 6.81. The molecule has 3 N–H and O–H groups in total. The molecule has 1 aromatic heterocycles. The zero-order valence-electron chi connectivity index (χ0n) is 25.8. The molecule has 6 rings (SSSR count). The van der Waals surface area contributed by atoms with Crippen molar-refractivity contribution in [3.8, 4) is 0 Å². The van der Waals surface area contributed by atoms with E-state index in [1.807, 2.05) is 66.7 Å². The van der Waals surface area contributed by atoms with Gasteiger partial charge in [-0.25, -0.2) is 4.39 Å². The number of amides is 2. The molecular weight excluding hydrogens is 567 g/mol. The van der Waals surface area contributed by atoms with E-state index in [-0.39, 0.29) is 23.7 Å². The van der Waals surface area contributed by atoms with E-state index in [1.165, 1.54) is 38.2 Å². The highest BCUT2D eigenvalue weighted by atomic mass is 19.1. The summed E-state index contributed by atoms with van der Waals surface area (Å²) in [6.07, 6.45) is 8.30. The van der Waals surface area contributed by atoms with Crippen molar-refractivity contribution in [2.45, 2.75) is 70.1 Å². The highest BCUT2D eigenvalue weighted by Gasteiger charge is 2.29. The lowest BCUT2D eigenvalue weighted by atomic mass is 9.85. The minimum Gasteiger partial charge on any atom is -0.375 e. The molecule has 0 radical (unpaired) electrons. The minimum absolute atomic E-state index is 0.206. The molecule has 1 fully saturated rings. The average Bonchev–Trinajstić information content (AvgIpc) is 3.68. The van der Waals surface area contributed by atoms with Crippen molar-refractivity contribution in [2.75, 3.05) is 24.6 Å². The largest absolute Gasteiger partial charge is 0.375 e.